The molecule has 0 saturated heterocycles. The molecule has 8 nitrogen and oxygen atoms in total. The van der Waals surface area contributed by atoms with Gasteiger partial charge in [-0.05, 0) is 26.3 Å². The summed E-state index contributed by atoms with van der Waals surface area (Å²) in [7, 11) is 1.19. The minimum absolute atomic E-state index is 0.0272. The Morgan fingerprint density at radius 2 is 1.90 bits per heavy atom. The van der Waals surface area contributed by atoms with E-state index >= 15 is 0 Å². The molecule has 0 aliphatic heterocycles. The van der Waals surface area contributed by atoms with Crippen molar-refractivity contribution in [1.82, 2.24) is 9.97 Å². The first kappa shape index (κ1) is 16.8. The number of rotatable bonds is 4. The van der Waals surface area contributed by atoms with E-state index in [2.05, 4.69) is 20.0 Å². The molecular formula is C13H19N3O5. The van der Waals surface area contributed by atoms with E-state index in [0.29, 0.717) is 5.56 Å². The average molecular weight is 297 g/mol. The molecule has 1 aromatic rings. The third-order valence-electron chi connectivity index (χ3n) is 2.22. The smallest absolute Gasteiger partial charge is 0.414 e. The van der Waals surface area contributed by atoms with Crippen molar-refractivity contribution < 1.29 is 24.2 Å². The van der Waals surface area contributed by atoms with E-state index in [9.17, 15) is 14.7 Å². The molecular weight excluding hydrogens is 278 g/mol. The Hall–Kier alpha value is -2.22. The van der Waals surface area contributed by atoms with Gasteiger partial charge in [0.05, 0.1) is 7.11 Å². The summed E-state index contributed by atoms with van der Waals surface area (Å²) in [5.74, 6) is -0.661. The van der Waals surface area contributed by atoms with Crippen LogP contribution in [0.25, 0.3) is 0 Å². The monoisotopic (exact) mass is 297 g/mol. The average Bonchev–Trinajstić information content (AvgIpc) is 2.37. The van der Waals surface area contributed by atoms with Crippen LogP contribution in [0.1, 0.15) is 26.3 Å². The molecule has 1 atom stereocenters. The second kappa shape index (κ2) is 6.98. The zero-order valence-electron chi connectivity index (χ0n) is 12.4. The second-order valence-corrected chi connectivity index (χ2v) is 5.28. The highest BCUT2D eigenvalue weighted by molar-refractivity contribution is 5.82. The van der Waals surface area contributed by atoms with Crippen molar-refractivity contribution in [2.24, 2.45) is 0 Å². The van der Waals surface area contributed by atoms with Gasteiger partial charge in [-0.1, -0.05) is 0 Å². The normalized spacial score (nSPS) is 12.4. The molecule has 1 amide bonds. The fourth-order valence-corrected chi connectivity index (χ4v) is 1.36. The van der Waals surface area contributed by atoms with Crippen LogP contribution in [0.2, 0.25) is 0 Å². The molecule has 2 N–H and O–H groups in total. The van der Waals surface area contributed by atoms with Crippen LogP contribution < -0.4 is 5.32 Å². The number of aliphatic hydroxyl groups excluding tert-OH is 1. The van der Waals surface area contributed by atoms with Gasteiger partial charge in [-0.25, -0.2) is 19.6 Å². The van der Waals surface area contributed by atoms with Crippen LogP contribution in [0.4, 0.5) is 10.7 Å². The number of amides is 1. The molecule has 0 aliphatic carbocycles. The number of ether oxygens (including phenoxy) is 2. The van der Waals surface area contributed by atoms with E-state index in [1.165, 1.54) is 19.5 Å². The van der Waals surface area contributed by atoms with Gasteiger partial charge in [0.2, 0.25) is 5.95 Å². The van der Waals surface area contributed by atoms with Crippen LogP contribution in [0.15, 0.2) is 12.4 Å². The van der Waals surface area contributed by atoms with Crippen molar-refractivity contribution in [3.63, 3.8) is 0 Å². The van der Waals surface area contributed by atoms with Crippen LogP contribution in [0.3, 0.4) is 0 Å². The number of esters is 1. The Bertz CT molecular complexity index is 496. The Labute approximate surface area is 122 Å². The number of nitrogens with zero attached hydrogens (tertiary/aromatic N) is 2. The number of hydrogen-bond donors (Lipinski definition) is 2. The zero-order valence-corrected chi connectivity index (χ0v) is 12.4. The van der Waals surface area contributed by atoms with Crippen LogP contribution in [0.5, 0.6) is 0 Å². The molecule has 1 aromatic heterocycles. The van der Waals surface area contributed by atoms with Crippen molar-refractivity contribution in [2.75, 3.05) is 12.4 Å². The molecule has 0 spiro atoms. The number of aromatic nitrogens is 2. The number of aliphatic hydroxyl groups is 1. The van der Waals surface area contributed by atoms with Gasteiger partial charge in [0.15, 0.2) is 6.10 Å². The van der Waals surface area contributed by atoms with Crippen molar-refractivity contribution in [1.29, 1.82) is 0 Å². The van der Waals surface area contributed by atoms with Gasteiger partial charge >= 0.3 is 12.1 Å². The molecule has 1 rings (SSSR count). The maximum atomic E-state index is 11.5. The predicted octanol–water partition coefficient (Wildman–Crippen LogP) is 0.900. The summed E-state index contributed by atoms with van der Waals surface area (Å²) >= 11 is 0. The molecule has 0 bridgehead atoms. The number of nitrogens with one attached hydrogen (secondary N) is 1. The minimum atomic E-state index is -1.27. The lowest BCUT2D eigenvalue weighted by Gasteiger charge is -2.19. The van der Waals surface area contributed by atoms with Gasteiger partial charge in [0.1, 0.15) is 5.60 Å². The molecule has 0 aliphatic rings. The van der Waals surface area contributed by atoms with Crippen LogP contribution in [0, 0.1) is 0 Å². The van der Waals surface area contributed by atoms with E-state index in [-0.39, 0.29) is 12.4 Å². The lowest BCUT2D eigenvalue weighted by atomic mass is 10.1. The van der Waals surface area contributed by atoms with Crippen molar-refractivity contribution in [3.8, 4) is 0 Å². The summed E-state index contributed by atoms with van der Waals surface area (Å²) in [5, 5.41) is 11.9. The third kappa shape index (κ3) is 6.17. The molecule has 21 heavy (non-hydrogen) atoms. The number of carbonyl (C=O) groups is 2. The summed E-state index contributed by atoms with van der Waals surface area (Å²) < 4.78 is 9.45. The first-order valence-electron chi connectivity index (χ1n) is 6.28. The Morgan fingerprint density at radius 3 is 2.38 bits per heavy atom. The highest BCUT2D eigenvalue weighted by atomic mass is 16.6. The molecule has 8 heteroatoms. The van der Waals surface area contributed by atoms with E-state index in [4.69, 9.17) is 4.74 Å². The topological polar surface area (TPSA) is 111 Å². The second-order valence-electron chi connectivity index (χ2n) is 5.28. The highest BCUT2D eigenvalue weighted by Gasteiger charge is 2.18. The van der Waals surface area contributed by atoms with Gasteiger partial charge < -0.3 is 14.6 Å². The third-order valence-corrected chi connectivity index (χ3v) is 2.22. The molecule has 0 radical (unpaired) electrons. The van der Waals surface area contributed by atoms with E-state index in [1.54, 1.807) is 20.8 Å². The molecule has 0 fully saturated rings. The summed E-state index contributed by atoms with van der Waals surface area (Å²) in [6.07, 6.45) is 0.880. The van der Waals surface area contributed by atoms with Crippen molar-refractivity contribution in [2.45, 2.75) is 38.9 Å². The maximum absolute atomic E-state index is 11.5. The zero-order chi connectivity index (χ0) is 16.0. The van der Waals surface area contributed by atoms with Gasteiger partial charge in [-0.15, -0.1) is 0 Å². The highest BCUT2D eigenvalue weighted by Crippen LogP contribution is 2.09. The summed E-state index contributed by atoms with van der Waals surface area (Å²) in [6.45, 7) is 5.22. The SMILES string of the molecule is COC(=O)C(O)Cc1cnc(NC(=O)OC(C)(C)C)nc1. The molecule has 1 heterocycles. The van der Waals surface area contributed by atoms with E-state index in [1.807, 2.05) is 0 Å². The first-order valence-corrected chi connectivity index (χ1v) is 6.28. The standard InChI is InChI=1S/C13H19N3O5/c1-13(2,3)21-12(19)16-11-14-6-8(7-15-11)5-9(17)10(18)20-4/h6-7,9,17H,5H2,1-4H3,(H,14,15,16,19). The Morgan fingerprint density at radius 1 is 1.33 bits per heavy atom. The fourth-order valence-electron chi connectivity index (χ4n) is 1.36. The summed E-state index contributed by atoms with van der Waals surface area (Å²) in [4.78, 5) is 30.4. The fraction of sp³-hybridized carbons (Fsp3) is 0.538. The quantitative estimate of drug-likeness (QED) is 0.794. The van der Waals surface area contributed by atoms with Crippen LogP contribution in [-0.4, -0.2) is 46.0 Å². The van der Waals surface area contributed by atoms with E-state index < -0.39 is 23.8 Å². The van der Waals surface area contributed by atoms with Gasteiger partial charge in [0, 0.05) is 18.8 Å². The Balaban J connectivity index is 2.58. The molecule has 116 valence electrons. The number of carbonyl (C=O) groups excluding carboxylic acids is 2. The Kier molecular flexibility index (Phi) is 5.60. The van der Waals surface area contributed by atoms with Gasteiger partial charge in [-0.2, -0.15) is 0 Å². The summed E-state index contributed by atoms with van der Waals surface area (Å²) in [6, 6.07) is 0. The molecule has 1 unspecified atom stereocenters. The first-order chi connectivity index (χ1) is 9.71. The molecule has 0 aromatic carbocycles. The number of hydrogen-bond acceptors (Lipinski definition) is 7. The minimum Gasteiger partial charge on any atom is -0.467 e. The largest absolute Gasteiger partial charge is 0.467 e. The molecule has 0 saturated carbocycles. The lowest BCUT2D eigenvalue weighted by Crippen LogP contribution is -2.28. The predicted molar refractivity (Wildman–Crippen MR) is 73.6 cm³/mol. The van der Waals surface area contributed by atoms with E-state index in [0.717, 1.165) is 0 Å². The maximum Gasteiger partial charge on any atom is 0.414 e. The van der Waals surface area contributed by atoms with Gasteiger partial charge in [-0.3, -0.25) is 5.32 Å². The van der Waals surface area contributed by atoms with Crippen LogP contribution >= 0.6 is 0 Å². The summed E-state index contributed by atoms with van der Waals surface area (Å²) in [5.41, 5.74) is -0.0862. The number of anilines is 1. The van der Waals surface area contributed by atoms with Crippen molar-refractivity contribution >= 4 is 18.0 Å². The number of methoxy groups -OCH3 is 1. The lowest BCUT2D eigenvalue weighted by molar-refractivity contribution is -0.150. The van der Waals surface area contributed by atoms with Crippen molar-refractivity contribution in [3.05, 3.63) is 18.0 Å². The van der Waals surface area contributed by atoms with Crippen LogP contribution in [-0.2, 0) is 20.7 Å². The van der Waals surface area contributed by atoms with Gasteiger partial charge in [0.25, 0.3) is 0 Å².